The minimum Gasteiger partial charge on any atom is -0.491 e. The van der Waals surface area contributed by atoms with Gasteiger partial charge in [-0.15, -0.1) is 0 Å². The van der Waals surface area contributed by atoms with Crippen LogP contribution in [-0.4, -0.2) is 35.6 Å². The highest BCUT2D eigenvalue weighted by Crippen LogP contribution is 2.24. The standard InChI is InChI=1S/C21H28O4/c1-15(19-6-10-21(11-7-19)25-14-17(3)23)12-18-4-8-20(9-5-18)24-13-16(2)22/h4-11,15-17,22-23H,12-14H2,1-3H3. The van der Waals surface area contributed by atoms with Crippen molar-refractivity contribution < 1.29 is 19.7 Å². The summed E-state index contributed by atoms with van der Waals surface area (Å²) in [6, 6.07) is 16.0. The van der Waals surface area contributed by atoms with Crippen LogP contribution in [0.15, 0.2) is 48.5 Å². The average Bonchev–Trinajstić information content (AvgIpc) is 2.59. The summed E-state index contributed by atoms with van der Waals surface area (Å²) in [5.74, 6) is 1.93. The molecule has 0 aliphatic carbocycles. The SMILES string of the molecule is CC(O)COc1ccc(CC(C)c2ccc(OCC(C)O)cc2)cc1. The molecule has 0 bridgehead atoms. The first kappa shape index (κ1) is 19.3. The Balaban J connectivity index is 1.89. The van der Waals surface area contributed by atoms with Crippen molar-refractivity contribution in [3.8, 4) is 11.5 Å². The number of aliphatic hydroxyl groups excluding tert-OH is 2. The van der Waals surface area contributed by atoms with Gasteiger partial charge in [0.05, 0.1) is 12.2 Å². The Labute approximate surface area is 150 Å². The maximum absolute atomic E-state index is 9.25. The number of benzene rings is 2. The molecule has 2 N–H and O–H groups in total. The van der Waals surface area contributed by atoms with Crippen molar-refractivity contribution in [1.29, 1.82) is 0 Å². The lowest BCUT2D eigenvalue weighted by Crippen LogP contribution is -2.12. The maximum atomic E-state index is 9.25. The van der Waals surface area contributed by atoms with Gasteiger partial charge in [0.25, 0.3) is 0 Å². The molecule has 0 aliphatic rings. The molecule has 0 saturated heterocycles. The number of hydrogen-bond donors (Lipinski definition) is 2. The molecule has 25 heavy (non-hydrogen) atoms. The molecular formula is C21H28O4. The summed E-state index contributed by atoms with van der Waals surface area (Å²) in [5.41, 5.74) is 2.49. The Morgan fingerprint density at radius 2 is 1.16 bits per heavy atom. The largest absolute Gasteiger partial charge is 0.491 e. The molecule has 0 amide bonds. The predicted octanol–water partition coefficient (Wildman–Crippen LogP) is 3.55. The molecule has 0 aromatic heterocycles. The number of rotatable bonds is 9. The zero-order valence-corrected chi connectivity index (χ0v) is 15.2. The van der Waals surface area contributed by atoms with Gasteiger partial charge in [-0.05, 0) is 61.6 Å². The maximum Gasteiger partial charge on any atom is 0.119 e. The fraction of sp³-hybridized carbons (Fsp3) is 0.429. The molecule has 136 valence electrons. The molecule has 0 heterocycles. The summed E-state index contributed by atoms with van der Waals surface area (Å²) in [7, 11) is 0. The van der Waals surface area contributed by atoms with Crippen molar-refractivity contribution >= 4 is 0 Å². The zero-order chi connectivity index (χ0) is 18.2. The smallest absolute Gasteiger partial charge is 0.119 e. The first-order valence-electron chi connectivity index (χ1n) is 8.74. The second-order valence-electron chi connectivity index (χ2n) is 6.64. The summed E-state index contributed by atoms with van der Waals surface area (Å²) in [6.45, 7) is 6.22. The lowest BCUT2D eigenvalue weighted by molar-refractivity contribution is 0.122. The summed E-state index contributed by atoms with van der Waals surface area (Å²) >= 11 is 0. The third-order valence-electron chi connectivity index (χ3n) is 3.90. The minimum atomic E-state index is -0.467. The molecular weight excluding hydrogens is 316 g/mol. The molecule has 0 radical (unpaired) electrons. The van der Waals surface area contributed by atoms with Crippen LogP contribution in [-0.2, 0) is 6.42 Å². The summed E-state index contributed by atoms with van der Waals surface area (Å²) in [4.78, 5) is 0. The highest BCUT2D eigenvalue weighted by atomic mass is 16.5. The van der Waals surface area contributed by atoms with Crippen LogP contribution in [0.1, 0.15) is 37.8 Å². The van der Waals surface area contributed by atoms with Crippen molar-refractivity contribution in [3.05, 3.63) is 59.7 Å². The Bertz CT molecular complexity index is 617. The van der Waals surface area contributed by atoms with Crippen LogP contribution in [0.25, 0.3) is 0 Å². The van der Waals surface area contributed by atoms with Gasteiger partial charge >= 0.3 is 0 Å². The number of ether oxygens (including phenoxy) is 2. The predicted molar refractivity (Wildman–Crippen MR) is 99.4 cm³/mol. The van der Waals surface area contributed by atoms with Gasteiger partial charge in [0, 0.05) is 0 Å². The highest BCUT2D eigenvalue weighted by Gasteiger charge is 2.08. The van der Waals surface area contributed by atoms with E-state index in [1.165, 1.54) is 11.1 Å². The topological polar surface area (TPSA) is 58.9 Å². The van der Waals surface area contributed by atoms with Crippen molar-refractivity contribution in [3.63, 3.8) is 0 Å². The van der Waals surface area contributed by atoms with E-state index in [1.54, 1.807) is 13.8 Å². The van der Waals surface area contributed by atoms with Crippen molar-refractivity contribution in [2.75, 3.05) is 13.2 Å². The Kier molecular flexibility index (Phi) is 7.29. The van der Waals surface area contributed by atoms with E-state index >= 15 is 0 Å². The second kappa shape index (κ2) is 9.44. The van der Waals surface area contributed by atoms with Crippen LogP contribution >= 0.6 is 0 Å². The average molecular weight is 344 g/mol. The minimum absolute atomic E-state index is 0.304. The lowest BCUT2D eigenvalue weighted by atomic mass is 9.94. The van der Waals surface area contributed by atoms with Crippen molar-refractivity contribution in [2.45, 2.75) is 45.3 Å². The highest BCUT2D eigenvalue weighted by molar-refractivity contribution is 5.32. The molecule has 0 spiro atoms. The summed E-state index contributed by atoms with van der Waals surface area (Å²) in [6.07, 6.45) is 0.00303. The fourth-order valence-corrected chi connectivity index (χ4v) is 2.52. The molecule has 2 aromatic rings. The molecule has 4 nitrogen and oxygen atoms in total. The van der Waals surface area contributed by atoms with E-state index in [-0.39, 0.29) is 0 Å². The zero-order valence-electron chi connectivity index (χ0n) is 15.2. The third kappa shape index (κ3) is 6.77. The van der Waals surface area contributed by atoms with Gasteiger partial charge in [-0.25, -0.2) is 0 Å². The quantitative estimate of drug-likeness (QED) is 0.730. The molecule has 0 aliphatic heterocycles. The number of aliphatic hydroxyl groups is 2. The Morgan fingerprint density at radius 3 is 1.60 bits per heavy atom. The van der Waals surface area contributed by atoms with Gasteiger partial charge in [-0.2, -0.15) is 0 Å². The van der Waals surface area contributed by atoms with Crippen molar-refractivity contribution in [1.82, 2.24) is 0 Å². The first-order chi connectivity index (χ1) is 11.9. The number of hydrogen-bond acceptors (Lipinski definition) is 4. The molecule has 4 heteroatoms. The summed E-state index contributed by atoms with van der Waals surface area (Å²) in [5, 5.41) is 18.5. The van der Waals surface area contributed by atoms with Gasteiger partial charge in [-0.3, -0.25) is 0 Å². The normalized spacial score (nSPS) is 14.6. The van der Waals surface area contributed by atoms with E-state index in [0.717, 1.165) is 17.9 Å². The van der Waals surface area contributed by atoms with Crippen LogP contribution in [0.2, 0.25) is 0 Å². The van der Waals surface area contributed by atoms with Gasteiger partial charge in [0.2, 0.25) is 0 Å². The van der Waals surface area contributed by atoms with Crippen LogP contribution in [0.5, 0.6) is 11.5 Å². The third-order valence-corrected chi connectivity index (χ3v) is 3.90. The Hall–Kier alpha value is -2.04. The van der Waals surface area contributed by atoms with E-state index in [2.05, 4.69) is 31.2 Å². The molecule has 0 saturated carbocycles. The van der Waals surface area contributed by atoms with Gasteiger partial charge < -0.3 is 19.7 Å². The molecule has 3 unspecified atom stereocenters. The second-order valence-corrected chi connectivity index (χ2v) is 6.64. The Morgan fingerprint density at radius 1 is 0.720 bits per heavy atom. The van der Waals surface area contributed by atoms with Gasteiger partial charge in [0.1, 0.15) is 24.7 Å². The molecule has 3 atom stereocenters. The molecule has 0 fully saturated rings. The van der Waals surface area contributed by atoms with E-state index in [9.17, 15) is 10.2 Å². The van der Waals surface area contributed by atoms with E-state index < -0.39 is 12.2 Å². The van der Waals surface area contributed by atoms with E-state index in [0.29, 0.717) is 19.1 Å². The van der Waals surface area contributed by atoms with Crippen LogP contribution in [0, 0.1) is 0 Å². The fourth-order valence-electron chi connectivity index (χ4n) is 2.52. The van der Waals surface area contributed by atoms with Crippen LogP contribution in [0.3, 0.4) is 0 Å². The van der Waals surface area contributed by atoms with Gasteiger partial charge in [0.15, 0.2) is 0 Å². The lowest BCUT2D eigenvalue weighted by Gasteiger charge is -2.14. The summed E-state index contributed by atoms with van der Waals surface area (Å²) < 4.78 is 11.0. The van der Waals surface area contributed by atoms with E-state index in [1.807, 2.05) is 24.3 Å². The molecule has 2 rings (SSSR count). The molecule has 2 aromatic carbocycles. The van der Waals surface area contributed by atoms with E-state index in [4.69, 9.17) is 9.47 Å². The van der Waals surface area contributed by atoms with Crippen LogP contribution < -0.4 is 9.47 Å². The van der Waals surface area contributed by atoms with Gasteiger partial charge in [-0.1, -0.05) is 31.2 Å². The van der Waals surface area contributed by atoms with Crippen molar-refractivity contribution in [2.24, 2.45) is 0 Å². The van der Waals surface area contributed by atoms with Crippen LogP contribution in [0.4, 0.5) is 0 Å². The monoisotopic (exact) mass is 344 g/mol. The first-order valence-corrected chi connectivity index (χ1v) is 8.74.